The van der Waals surface area contributed by atoms with Crippen LogP contribution in [0, 0.1) is 17.2 Å². The van der Waals surface area contributed by atoms with Crippen LogP contribution in [-0.2, 0) is 4.79 Å². The molecule has 4 heteroatoms. The Kier molecular flexibility index (Phi) is 5.62. The molecule has 0 amide bonds. The Labute approximate surface area is 113 Å². The SMILES string of the molecule is COc1cc(/C=C\C#N)ccc1OC(=O)CC(C)C. The normalized spacial score (nSPS) is 10.5. The number of methoxy groups -OCH3 is 1. The summed E-state index contributed by atoms with van der Waals surface area (Å²) in [6, 6.07) is 7.05. The van der Waals surface area contributed by atoms with Crippen molar-refractivity contribution < 1.29 is 14.3 Å². The quantitative estimate of drug-likeness (QED) is 0.463. The number of hydrogen-bond acceptors (Lipinski definition) is 4. The number of esters is 1. The first-order chi connectivity index (χ1) is 9.06. The van der Waals surface area contributed by atoms with Crippen LogP contribution >= 0.6 is 0 Å². The minimum Gasteiger partial charge on any atom is -0.493 e. The van der Waals surface area contributed by atoms with Crippen molar-refractivity contribution in [2.75, 3.05) is 7.11 Å². The molecule has 0 bridgehead atoms. The smallest absolute Gasteiger partial charge is 0.311 e. The van der Waals surface area contributed by atoms with E-state index < -0.39 is 0 Å². The molecular weight excluding hydrogens is 242 g/mol. The predicted octanol–water partition coefficient (Wildman–Crippen LogP) is 3.18. The summed E-state index contributed by atoms with van der Waals surface area (Å²) in [5.74, 6) is 0.824. The zero-order valence-corrected chi connectivity index (χ0v) is 11.3. The molecule has 19 heavy (non-hydrogen) atoms. The maximum atomic E-state index is 11.6. The average Bonchev–Trinajstić information content (AvgIpc) is 2.36. The molecule has 0 fully saturated rings. The van der Waals surface area contributed by atoms with Crippen LogP contribution in [-0.4, -0.2) is 13.1 Å². The van der Waals surface area contributed by atoms with E-state index >= 15 is 0 Å². The number of ether oxygens (including phenoxy) is 2. The minimum atomic E-state index is -0.284. The van der Waals surface area contributed by atoms with E-state index in [2.05, 4.69) is 0 Å². The second kappa shape index (κ2) is 7.22. The molecule has 4 nitrogen and oxygen atoms in total. The van der Waals surface area contributed by atoms with Gasteiger partial charge in [0.2, 0.25) is 0 Å². The van der Waals surface area contributed by atoms with Crippen molar-refractivity contribution in [2.45, 2.75) is 20.3 Å². The first-order valence-corrected chi connectivity index (χ1v) is 6.01. The molecule has 0 saturated carbocycles. The van der Waals surface area contributed by atoms with E-state index in [1.54, 1.807) is 24.3 Å². The highest BCUT2D eigenvalue weighted by molar-refractivity contribution is 5.73. The molecule has 0 unspecified atom stereocenters. The molecule has 0 aliphatic rings. The molecule has 100 valence electrons. The molecule has 1 rings (SSSR count). The van der Waals surface area contributed by atoms with Crippen LogP contribution in [0.4, 0.5) is 0 Å². The van der Waals surface area contributed by atoms with Gasteiger partial charge in [-0.2, -0.15) is 5.26 Å². The summed E-state index contributed by atoms with van der Waals surface area (Å²) >= 11 is 0. The molecule has 0 N–H and O–H groups in total. The van der Waals surface area contributed by atoms with Crippen molar-refractivity contribution in [3.8, 4) is 17.6 Å². The molecule has 0 aliphatic heterocycles. The molecule has 0 saturated heterocycles. The monoisotopic (exact) mass is 259 g/mol. The lowest BCUT2D eigenvalue weighted by molar-refractivity contribution is -0.135. The Hall–Kier alpha value is -2.28. The van der Waals surface area contributed by atoms with Gasteiger partial charge >= 0.3 is 5.97 Å². The lowest BCUT2D eigenvalue weighted by Gasteiger charge is -2.10. The second-order valence-electron chi connectivity index (χ2n) is 4.44. The van der Waals surface area contributed by atoms with E-state index in [9.17, 15) is 4.79 Å². The summed E-state index contributed by atoms with van der Waals surface area (Å²) in [6.07, 6.45) is 3.39. The first kappa shape index (κ1) is 14.8. The van der Waals surface area contributed by atoms with Gasteiger partial charge < -0.3 is 9.47 Å². The summed E-state index contributed by atoms with van der Waals surface area (Å²) in [5.41, 5.74) is 0.807. The Morgan fingerprint density at radius 2 is 2.16 bits per heavy atom. The number of nitrogens with zero attached hydrogens (tertiary/aromatic N) is 1. The Morgan fingerprint density at radius 3 is 2.74 bits per heavy atom. The van der Waals surface area contributed by atoms with Gasteiger partial charge in [0.15, 0.2) is 11.5 Å². The Bertz CT molecular complexity index is 513. The van der Waals surface area contributed by atoms with Crippen molar-refractivity contribution in [3.05, 3.63) is 29.8 Å². The van der Waals surface area contributed by atoms with Gasteiger partial charge in [-0.05, 0) is 29.7 Å². The molecule has 0 spiro atoms. The molecule has 0 aliphatic carbocycles. The summed E-state index contributed by atoms with van der Waals surface area (Å²) in [4.78, 5) is 11.6. The molecule has 0 aromatic heterocycles. The maximum absolute atomic E-state index is 11.6. The van der Waals surface area contributed by atoms with Crippen molar-refractivity contribution in [1.82, 2.24) is 0 Å². The van der Waals surface area contributed by atoms with Gasteiger partial charge in [0.1, 0.15) is 0 Å². The van der Waals surface area contributed by atoms with Crippen LogP contribution in [0.3, 0.4) is 0 Å². The molecule has 0 heterocycles. The fourth-order valence-corrected chi connectivity index (χ4v) is 1.50. The van der Waals surface area contributed by atoms with Gasteiger partial charge in [0.05, 0.1) is 13.2 Å². The fourth-order valence-electron chi connectivity index (χ4n) is 1.50. The number of allylic oxidation sites excluding steroid dienone is 1. The summed E-state index contributed by atoms with van der Waals surface area (Å²) in [7, 11) is 1.51. The number of carbonyl (C=O) groups is 1. The highest BCUT2D eigenvalue weighted by Crippen LogP contribution is 2.29. The van der Waals surface area contributed by atoms with Crippen molar-refractivity contribution in [3.63, 3.8) is 0 Å². The molecule has 0 atom stereocenters. The molecule has 1 aromatic carbocycles. The van der Waals surface area contributed by atoms with Gasteiger partial charge in [-0.3, -0.25) is 4.79 Å². The van der Waals surface area contributed by atoms with Crippen LogP contribution in [0.2, 0.25) is 0 Å². The van der Waals surface area contributed by atoms with Crippen LogP contribution in [0.1, 0.15) is 25.8 Å². The zero-order valence-electron chi connectivity index (χ0n) is 11.3. The van der Waals surface area contributed by atoms with E-state index in [4.69, 9.17) is 14.7 Å². The highest BCUT2D eigenvalue weighted by atomic mass is 16.6. The van der Waals surface area contributed by atoms with Gasteiger partial charge in [0, 0.05) is 12.5 Å². The summed E-state index contributed by atoms with van der Waals surface area (Å²) < 4.78 is 10.4. The largest absolute Gasteiger partial charge is 0.493 e. The number of carbonyl (C=O) groups excluding carboxylic acids is 1. The molecule has 1 aromatic rings. The standard InChI is InChI=1S/C15H17NO3/c1-11(2)9-15(17)19-13-7-6-12(5-4-8-16)10-14(13)18-3/h4-7,10-11H,9H2,1-3H3/b5-4-. The number of benzene rings is 1. The van der Waals surface area contributed by atoms with Gasteiger partial charge in [-0.15, -0.1) is 0 Å². The third-order valence-corrected chi connectivity index (χ3v) is 2.34. The van der Waals surface area contributed by atoms with Crippen LogP contribution < -0.4 is 9.47 Å². The molecule has 0 radical (unpaired) electrons. The van der Waals surface area contributed by atoms with E-state index in [-0.39, 0.29) is 11.9 Å². The van der Waals surface area contributed by atoms with Gasteiger partial charge in [-0.25, -0.2) is 0 Å². The van der Waals surface area contributed by atoms with E-state index in [1.165, 1.54) is 13.2 Å². The van der Waals surface area contributed by atoms with Crippen molar-refractivity contribution >= 4 is 12.0 Å². The number of nitriles is 1. The first-order valence-electron chi connectivity index (χ1n) is 6.01. The fraction of sp³-hybridized carbons (Fsp3) is 0.333. The number of rotatable bonds is 5. The zero-order chi connectivity index (χ0) is 14.3. The van der Waals surface area contributed by atoms with Gasteiger partial charge in [0.25, 0.3) is 0 Å². The van der Waals surface area contributed by atoms with Crippen LogP contribution in [0.5, 0.6) is 11.5 Å². The topological polar surface area (TPSA) is 59.3 Å². The third kappa shape index (κ3) is 4.84. The maximum Gasteiger partial charge on any atom is 0.311 e. The van der Waals surface area contributed by atoms with Crippen LogP contribution in [0.25, 0.3) is 6.08 Å². The predicted molar refractivity (Wildman–Crippen MR) is 72.7 cm³/mol. The van der Waals surface area contributed by atoms with E-state index in [0.717, 1.165) is 5.56 Å². The Morgan fingerprint density at radius 1 is 1.42 bits per heavy atom. The highest BCUT2D eigenvalue weighted by Gasteiger charge is 2.11. The average molecular weight is 259 g/mol. The lowest BCUT2D eigenvalue weighted by atomic mass is 10.1. The number of hydrogen-bond donors (Lipinski definition) is 0. The third-order valence-electron chi connectivity index (χ3n) is 2.34. The minimum absolute atomic E-state index is 0.247. The Balaban J connectivity index is 2.87. The molecular formula is C15H17NO3. The van der Waals surface area contributed by atoms with Crippen LogP contribution in [0.15, 0.2) is 24.3 Å². The van der Waals surface area contributed by atoms with Gasteiger partial charge in [-0.1, -0.05) is 19.9 Å². The summed E-state index contributed by atoms with van der Waals surface area (Å²) in [5, 5.41) is 8.47. The summed E-state index contributed by atoms with van der Waals surface area (Å²) in [6.45, 7) is 3.91. The lowest BCUT2D eigenvalue weighted by Crippen LogP contribution is -2.11. The van der Waals surface area contributed by atoms with Crippen molar-refractivity contribution in [2.24, 2.45) is 5.92 Å². The van der Waals surface area contributed by atoms with E-state index in [1.807, 2.05) is 19.9 Å². The second-order valence-corrected chi connectivity index (χ2v) is 4.44. The van der Waals surface area contributed by atoms with Crippen molar-refractivity contribution in [1.29, 1.82) is 5.26 Å². The van der Waals surface area contributed by atoms with E-state index in [0.29, 0.717) is 17.9 Å².